The van der Waals surface area contributed by atoms with E-state index in [9.17, 15) is 19.5 Å². The van der Waals surface area contributed by atoms with E-state index in [2.05, 4.69) is 10.3 Å². The molecule has 2 rings (SSSR count). The Morgan fingerprint density at radius 3 is 2.56 bits per heavy atom. The van der Waals surface area contributed by atoms with E-state index in [4.69, 9.17) is 10.8 Å². The molecule has 0 saturated carbocycles. The third kappa shape index (κ3) is 4.80. The number of hydrogen-bond acceptors (Lipinski definition) is 4. The molecule has 0 radical (unpaired) electrons. The summed E-state index contributed by atoms with van der Waals surface area (Å²) < 4.78 is 0. The van der Waals surface area contributed by atoms with E-state index in [1.165, 1.54) is 0 Å². The fourth-order valence-corrected chi connectivity index (χ4v) is 2.66. The number of para-hydroxylation sites is 1. The van der Waals surface area contributed by atoms with Crippen LogP contribution in [0.4, 0.5) is 0 Å². The number of aromatic amines is 1. The number of H-pyrrole nitrogens is 1. The van der Waals surface area contributed by atoms with Gasteiger partial charge >= 0.3 is 11.9 Å². The summed E-state index contributed by atoms with van der Waals surface area (Å²) in [5.41, 5.74) is 7.18. The van der Waals surface area contributed by atoms with Crippen molar-refractivity contribution in [2.75, 3.05) is 6.54 Å². The van der Waals surface area contributed by atoms with Crippen molar-refractivity contribution in [1.29, 1.82) is 0 Å². The summed E-state index contributed by atoms with van der Waals surface area (Å²) in [7, 11) is 0. The summed E-state index contributed by atoms with van der Waals surface area (Å²) in [5, 5.41) is 21.5. The first-order valence-corrected chi connectivity index (χ1v) is 7.92. The van der Waals surface area contributed by atoms with Gasteiger partial charge in [-0.3, -0.25) is 9.59 Å². The maximum absolute atomic E-state index is 12.2. The number of carbonyl (C=O) groups excluding carboxylic acids is 1. The molecule has 0 bridgehead atoms. The van der Waals surface area contributed by atoms with Crippen LogP contribution in [0.15, 0.2) is 30.5 Å². The number of fused-ring (bicyclic) bond motifs is 1. The second-order valence-electron chi connectivity index (χ2n) is 5.83. The van der Waals surface area contributed by atoms with E-state index < -0.39 is 29.8 Å². The minimum atomic E-state index is -1.16. The zero-order chi connectivity index (χ0) is 18.4. The van der Waals surface area contributed by atoms with E-state index >= 15 is 0 Å². The molecule has 1 heterocycles. The van der Waals surface area contributed by atoms with Crippen LogP contribution in [0.3, 0.4) is 0 Å². The number of nitrogens with one attached hydrogen (secondary N) is 2. The molecule has 2 aromatic rings. The lowest BCUT2D eigenvalue weighted by Crippen LogP contribution is -2.46. The molecule has 134 valence electrons. The first-order valence-electron chi connectivity index (χ1n) is 7.92. The highest BCUT2D eigenvalue weighted by atomic mass is 16.4. The predicted molar refractivity (Wildman–Crippen MR) is 91.0 cm³/mol. The number of carboxylic acids is 2. The first-order chi connectivity index (χ1) is 11.9. The van der Waals surface area contributed by atoms with Gasteiger partial charge in [0, 0.05) is 36.5 Å². The van der Waals surface area contributed by atoms with Crippen LogP contribution in [-0.4, -0.2) is 45.6 Å². The van der Waals surface area contributed by atoms with Crippen molar-refractivity contribution >= 4 is 28.7 Å². The fourth-order valence-electron chi connectivity index (χ4n) is 2.66. The molecule has 1 aromatic heterocycles. The summed E-state index contributed by atoms with van der Waals surface area (Å²) in [6, 6.07) is 6.35. The van der Waals surface area contributed by atoms with Crippen molar-refractivity contribution < 1.29 is 24.6 Å². The molecule has 2 unspecified atom stereocenters. The molecule has 8 nitrogen and oxygen atoms in total. The standard InChI is InChI=1S/C17H21N3O5/c18-8-10(5-6-15(21)22)16(23)20-14(17(24)25)7-11-9-19-13-4-2-1-3-12(11)13/h1-4,9-10,14,19H,5-8,18H2,(H,20,23)(H,21,22)(H,24,25). The van der Waals surface area contributed by atoms with Crippen molar-refractivity contribution in [2.24, 2.45) is 11.7 Å². The molecule has 0 spiro atoms. The van der Waals surface area contributed by atoms with Crippen LogP contribution in [0.2, 0.25) is 0 Å². The summed E-state index contributed by atoms with van der Waals surface area (Å²) in [4.78, 5) is 37.5. The van der Waals surface area contributed by atoms with Gasteiger partial charge in [0.25, 0.3) is 0 Å². The number of hydrogen-bond donors (Lipinski definition) is 5. The maximum Gasteiger partial charge on any atom is 0.326 e. The van der Waals surface area contributed by atoms with E-state index in [0.717, 1.165) is 16.5 Å². The molecule has 0 aliphatic rings. The van der Waals surface area contributed by atoms with Crippen molar-refractivity contribution in [1.82, 2.24) is 10.3 Å². The molecule has 0 fully saturated rings. The van der Waals surface area contributed by atoms with Crippen molar-refractivity contribution in [3.8, 4) is 0 Å². The minimum absolute atomic E-state index is 0.0431. The van der Waals surface area contributed by atoms with Gasteiger partial charge in [0.15, 0.2) is 0 Å². The molecular formula is C17H21N3O5. The zero-order valence-electron chi connectivity index (χ0n) is 13.6. The number of aromatic nitrogens is 1. The van der Waals surface area contributed by atoms with Crippen LogP contribution in [0.25, 0.3) is 10.9 Å². The summed E-state index contributed by atoms with van der Waals surface area (Å²) >= 11 is 0. The van der Waals surface area contributed by atoms with Crippen LogP contribution in [0.5, 0.6) is 0 Å². The molecule has 25 heavy (non-hydrogen) atoms. The van der Waals surface area contributed by atoms with Gasteiger partial charge in [0.2, 0.25) is 5.91 Å². The monoisotopic (exact) mass is 347 g/mol. The Labute approximate surface area is 144 Å². The Balaban J connectivity index is 2.08. The second kappa shape index (κ2) is 8.29. The number of carboxylic acid groups (broad SMARTS) is 2. The SMILES string of the molecule is NCC(CCC(=O)O)C(=O)NC(Cc1c[nH]c2ccccc12)C(=O)O. The zero-order valence-corrected chi connectivity index (χ0v) is 13.6. The van der Waals surface area contributed by atoms with Gasteiger partial charge in [-0.05, 0) is 18.1 Å². The molecular weight excluding hydrogens is 326 g/mol. The van der Waals surface area contributed by atoms with Crippen molar-refractivity contribution in [2.45, 2.75) is 25.3 Å². The van der Waals surface area contributed by atoms with Gasteiger partial charge in [-0.1, -0.05) is 18.2 Å². The van der Waals surface area contributed by atoms with Crippen molar-refractivity contribution in [3.05, 3.63) is 36.0 Å². The topological polar surface area (TPSA) is 146 Å². The van der Waals surface area contributed by atoms with E-state index in [-0.39, 0.29) is 25.8 Å². The molecule has 1 amide bonds. The number of benzene rings is 1. The molecule has 8 heteroatoms. The van der Waals surface area contributed by atoms with Crippen molar-refractivity contribution in [3.63, 3.8) is 0 Å². The third-order valence-electron chi connectivity index (χ3n) is 4.08. The van der Waals surface area contributed by atoms with Crippen LogP contribution in [0.1, 0.15) is 18.4 Å². The summed E-state index contributed by atoms with van der Waals surface area (Å²) in [5.74, 6) is -3.47. The van der Waals surface area contributed by atoms with Gasteiger partial charge in [0.1, 0.15) is 6.04 Å². The number of aliphatic carboxylic acids is 2. The Morgan fingerprint density at radius 1 is 1.20 bits per heavy atom. The minimum Gasteiger partial charge on any atom is -0.481 e. The number of amides is 1. The Kier molecular flexibility index (Phi) is 6.13. The van der Waals surface area contributed by atoms with Crippen LogP contribution >= 0.6 is 0 Å². The molecule has 2 atom stereocenters. The van der Waals surface area contributed by atoms with Crippen LogP contribution < -0.4 is 11.1 Å². The van der Waals surface area contributed by atoms with Crippen LogP contribution in [0, 0.1) is 5.92 Å². The largest absolute Gasteiger partial charge is 0.481 e. The Morgan fingerprint density at radius 2 is 1.92 bits per heavy atom. The van der Waals surface area contributed by atoms with Gasteiger partial charge in [0.05, 0.1) is 5.92 Å². The highest BCUT2D eigenvalue weighted by molar-refractivity contribution is 5.87. The van der Waals surface area contributed by atoms with Gasteiger partial charge in [-0.15, -0.1) is 0 Å². The maximum atomic E-state index is 12.2. The second-order valence-corrected chi connectivity index (χ2v) is 5.83. The van der Waals surface area contributed by atoms with E-state index in [0.29, 0.717) is 0 Å². The average molecular weight is 347 g/mol. The van der Waals surface area contributed by atoms with Gasteiger partial charge in [-0.2, -0.15) is 0 Å². The fraction of sp³-hybridized carbons (Fsp3) is 0.353. The lowest BCUT2D eigenvalue weighted by molar-refractivity contribution is -0.143. The number of carbonyl (C=O) groups is 3. The van der Waals surface area contributed by atoms with Gasteiger partial charge < -0.3 is 26.2 Å². The quantitative estimate of drug-likeness (QED) is 0.452. The lowest BCUT2D eigenvalue weighted by atomic mass is 10.0. The Bertz CT molecular complexity index is 770. The average Bonchev–Trinajstić information content (AvgIpc) is 2.97. The van der Waals surface area contributed by atoms with Gasteiger partial charge in [-0.25, -0.2) is 4.79 Å². The Hall–Kier alpha value is -2.87. The molecule has 1 aromatic carbocycles. The van der Waals surface area contributed by atoms with E-state index in [1.54, 1.807) is 6.20 Å². The number of nitrogens with two attached hydrogens (primary N) is 1. The summed E-state index contributed by atoms with van der Waals surface area (Å²) in [6.07, 6.45) is 1.70. The highest BCUT2D eigenvalue weighted by Crippen LogP contribution is 2.19. The third-order valence-corrected chi connectivity index (χ3v) is 4.08. The van der Waals surface area contributed by atoms with E-state index in [1.807, 2.05) is 24.3 Å². The normalized spacial score (nSPS) is 13.3. The summed E-state index contributed by atoms with van der Waals surface area (Å²) in [6.45, 7) is -0.0431. The lowest BCUT2D eigenvalue weighted by Gasteiger charge is -2.19. The molecule has 6 N–H and O–H groups in total. The molecule has 0 saturated heterocycles. The smallest absolute Gasteiger partial charge is 0.326 e. The molecule has 0 aliphatic heterocycles. The first kappa shape index (κ1) is 18.5. The predicted octanol–water partition coefficient (Wildman–Crippen LogP) is 0.720. The van der Waals surface area contributed by atoms with Crippen LogP contribution in [-0.2, 0) is 20.8 Å². The number of rotatable bonds is 9. The molecule has 0 aliphatic carbocycles. The highest BCUT2D eigenvalue weighted by Gasteiger charge is 2.26.